The van der Waals surface area contributed by atoms with Crippen molar-refractivity contribution in [2.75, 3.05) is 12.4 Å². The fourth-order valence-electron chi connectivity index (χ4n) is 2.79. The Balaban J connectivity index is 1.57. The second kappa shape index (κ2) is 9.84. The summed E-state index contributed by atoms with van der Waals surface area (Å²) < 4.78 is 24.0. The number of carbonyl (C=O) groups is 1. The van der Waals surface area contributed by atoms with E-state index in [4.69, 9.17) is 20.8 Å². The van der Waals surface area contributed by atoms with E-state index >= 15 is 0 Å². The van der Waals surface area contributed by atoms with Gasteiger partial charge in [0.25, 0.3) is 0 Å². The molecule has 2 aromatic carbocycles. The lowest BCUT2D eigenvalue weighted by molar-refractivity contribution is 0.0601. The second-order valence-electron chi connectivity index (χ2n) is 6.60. The van der Waals surface area contributed by atoms with Gasteiger partial charge in [0.05, 0.1) is 24.2 Å². The molecule has 0 fully saturated rings. The minimum absolute atomic E-state index is 0.336. The number of ether oxygens (including phenoxy) is 1. The first kappa shape index (κ1) is 21.9. The van der Waals surface area contributed by atoms with Crippen LogP contribution < -0.4 is 5.32 Å². The van der Waals surface area contributed by atoms with Gasteiger partial charge in [-0.25, -0.2) is 19.2 Å². The Morgan fingerprint density at radius 1 is 1.12 bits per heavy atom. The van der Waals surface area contributed by atoms with Gasteiger partial charge in [-0.05, 0) is 72.4 Å². The van der Waals surface area contributed by atoms with Crippen molar-refractivity contribution in [1.82, 2.24) is 9.97 Å². The van der Waals surface area contributed by atoms with E-state index < -0.39 is 5.97 Å². The van der Waals surface area contributed by atoms with Gasteiger partial charge in [0.1, 0.15) is 16.5 Å². The van der Waals surface area contributed by atoms with Gasteiger partial charge >= 0.3 is 5.97 Å². The number of oxazole rings is 1. The Labute approximate surface area is 192 Å². The molecule has 0 amide bonds. The highest BCUT2D eigenvalue weighted by atomic mass is 35.5. The summed E-state index contributed by atoms with van der Waals surface area (Å²) in [4.78, 5) is 20.5. The molecule has 32 heavy (non-hydrogen) atoms. The van der Waals surface area contributed by atoms with Gasteiger partial charge in [0.2, 0.25) is 5.89 Å². The SMILES string of the molecule is COC(=O)c1ccc(NCc2nc(-c3ccc(F)cc3)oc2Sc2ccc(Cl)cn2)cc1. The Morgan fingerprint density at radius 3 is 2.53 bits per heavy atom. The maximum absolute atomic E-state index is 13.3. The van der Waals surface area contributed by atoms with E-state index in [0.29, 0.717) is 44.4 Å². The number of benzene rings is 2. The molecule has 4 aromatic rings. The van der Waals surface area contributed by atoms with Crippen LogP contribution in [0.25, 0.3) is 11.5 Å². The highest BCUT2D eigenvalue weighted by Gasteiger charge is 2.17. The fraction of sp³-hybridized carbons (Fsp3) is 0.0870. The molecule has 0 aliphatic heterocycles. The van der Waals surface area contributed by atoms with E-state index in [9.17, 15) is 9.18 Å². The molecule has 0 unspecified atom stereocenters. The largest absolute Gasteiger partial charge is 0.465 e. The van der Waals surface area contributed by atoms with Crippen LogP contribution in [0.3, 0.4) is 0 Å². The van der Waals surface area contributed by atoms with Crippen molar-refractivity contribution in [3.63, 3.8) is 0 Å². The average Bonchev–Trinajstić information content (AvgIpc) is 3.22. The van der Waals surface area contributed by atoms with Gasteiger partial charge in [-0.2, -0.15) is 0 Å². The van der Waals surface area contributed by atoms with Crippen molar-refractivity contribution in [2.24, 2.45) is 0 Å². The van der Waals surface area contributed by atoms with Gasteiger partial charge in [0, 0.05) is 17.4 Å². The van der Waals surface area contributed by atoms with Crippen molar-refractivity contribution in [3.05, 3.63) is 89.0 Å². The fourth-order valence-corrected chi connectivity index (χ4v) is 3.69. The number of pyridine rings is 1. The molecule has 9 heteroatoms. The van der Waals surface area contributed by atoms with Crippen molar-refractivity contribution in [1.29, 1.82) is 0 Å². The normalized spacial score (nSPS) is 10.7. The van der Waals surface area contributed by atoms with Crippen LogP contribution in [-0.2, 0) is 11.3 Å². The highest BCUT2D eigenvalue weighted by Crippen LogP contribution is 2.34. The first-order chi connectivity index (χ1) is 15.5. The van der Waals surface area contributed by atoms with E-state index in [0.717, 1.165) is 5.69 Å². The summed E-state index contributed by atoms with van der Waals surface area (Å²) in [5.41, 5.74) is 2.57. The van der Waals surface area contributed by atoms with E-state index in [1.165, 1.54) is 31.0 Å². The maximum atomic E-state index is 13.3. The summed E-state index contributed by atoms with van der Waals surface area (Å²) in [7, 11) is 1.34. The summed E-state index contributed by atoms with van der Waals surface area (Å²) in [6.07, 6.45) is 1.56. The quantitative estimate of drug-likeness (QED) is 0.329. The van der Waals surface area contributed by atoms with E-state index in [-0.39, 0.29) is 5.82 Å². The van der Waals surface area contributed by atoms with Crippen LogP contribution in [0.5, 0.6) is 0 Å². The van der Waals surface area contributed by atoms with Crippen molar-refractivity contribution < 1.29 is 18.3 Å². The van der Waals surface area contributed by atoms with Crippen LogP contribution in [0, 0.1) is 5.82 Å². The molecule has 2 heterocycles. The van der Waals surface area contributed by atoms with Crippen LogP contribution >= 0.6 is 23.4 Å². The third kappa shape index (κ3) is 5.27. The number of halogens is 2. The minimum Gasteiger partial charge on any atom is -0.465 e. The molecule has 0 spiro atoms. The molecule has 0 radical (unpaired) electrons. The molecule has 0 saturated carbocycles. The number of hydrogen-bond donors (Lipinski definition) is 1. The van der Waals surface area contributed by atoms with Gasteiger partial charge in [-0.1, -0.05) is 11.6 Å². The number of nitrogens with zero attached hydrogens (tertiary/aromatic N) is 2. The average molecular weight is 470 g/mol. The standard InChI is InChI=1S/C23H17ClFN3O3S/c1-30-22(29)15-4-9-18(10-5-15)26-13-19-23(32-20-11-6-16(24)12-27-20)31-21(28-19)14-2-7-17(25)8-3-14/h2-12,26H,13H2,1H3. The molecule has 0 saturated heterocycles. The number of nitrogens with one attached hydrogen (secondary N) is 1. The molecule has 0 bridgehead atoms. The van der Waals surface area contributed by atoms with Gasteiger partial charge in [0.15, 0.2) is 5.09 Å². The molecule has 0 atom stereocenters. The van der Waals surface area contributed by atoms with Gasteiger partial charge in [-0.3, -0.25) is 0 Å². The number of methoxy groups -OCH3 is 1. The summed E-state index contributed by atoms with van der Waals surface area (Å²) in [5, 5.41) is 5.05. The lowest BCUT2D eigenvalue weighted by atomic mass is 10.2. The smallest absolute Gasteiger partial charge is 0.337 e. The molecule has 1 N–H and O–H groups in total. The summed E-state index contributed by atoms with van der Waals surface area (Å²) >= 11 is 7.24. The summed E-state index contributed by atoms with van der Waals surface area (Å²) in [6, 6.07) is 16.4. The zero-order valence-electron chi connectivity index (χ0n) is 16.8. The third-order valence-corrected chi connectivity index (χ3v) is 5.59. The van der Waals surface area contributed by atoms with E-state index in [1.807, 2.05) is 0 Å². The number of hydrogen-bond acceptors (Lipinski definition) is 7. The molecule has 4 rings (SSSR count). The van der Waals surface area contributed by atoms with Gasteiger partial charge in [-0.15, -0.1) is 0 Å². The number of anilines is 1. The molecule has 2 aromatic heterocycles. The molecule has 0 aliphatic carbocycles. The number of rotatable bonds is 7. The van der Waals surface area contributed by atoms with Crippen molar-refractivity contribution in [3.8, 4) is 11.5 Å². The summed E-state index contributed by atoms with van der Waals surface area (Å²) in [5.74, 6) is -0.358. The van der Waals surface area contributed by atoms with Crippen LogP contribution in [0.4, 0.5) is 10.1 Å². The monoisotopic (exact) mass is 469 g/mol. The zero-order chi connectivity index (χ0) is 22.5. The minimum atomic E-state index is -0.397. The van der Waals surface area contributed by atoms with E-state index in [2.05, 4.69) is 15.3 Å². The zero-order valence-corrected chi connectivity index (χ0v) is 18.4. The first-order valence-corrected chi connectivity index (χ1v) is 10.7. The topological polar surface area (TPSA) is 77.2 Å². The van der Waals surface area contributed by atoms with Gasteiger partial charge < -0.3 is 14.5 Å². The molecule has 162 valence electrons. The Morgan fingerprint density at radius 2 is 1.88 bits per heavy atom. The predicted octanol–water partition coefficient (Wildman–Crippen LogP) is 6.08. The number of aromatic nitrogens is 2. The van der Waals surface area contributed by atoms with Crippen LogP contribution in [-0.4, -0.2) is 23.0 Å². The number of esters is 1. The van der Waals surface area contributed by atoms with Crippen LogP contribution in [0.1, 0.15) is 16.1 Å². The maximum Gasteiger partial charge on any atom is 0.337 e. The lowest BCUT2D eigenvalue weighted by Gasteiger charge is -2.06. The predicted molar refractivity (Wildman–Crippen MR) is 120 cm³/mol. The summed E-state index contributed by atoms with van der Waals surface area (Å²) in [6.45, 7) is 0.359. The van der Waals surface area contributed by atoms with Crippen molar-refractivity contribution >= 4 is 35.0 Å². The van der Waals surface area contributed by atoms with E-state index in [1.54, 1.807) is 54.7 Å². The first-order valence-electron chi connectivity index (χ1n) is 9.49. The number of carbonyl (C=O) groups excluding carboxylic acids is 1. The second-order valence-corrected chi connectivity index (χ2v) is 8.03. The molecular formula is C23H17ClFN3O3S. The lowest BCUT2D eigenvalue weighted by Crippen LogP contribution is -2.03. The van der Waals surface area contributed by atoms with Crippen LogP contribution in [0.15, 0.2) is 81.4 Å². The Bertz CT molecular complexity index is 1210. The van der Waals surface area contributed by atoms with Crippen LogP contribution in [0.2, 0.25) is 5.02 Å². The molecule has 0 aliphatic rings. The van der Waals surface area contributed by atoms with Crippen molar-refractivity contribution in [2.45, 2.75) is 16.7 Å². The highest BCUT2D eigenvalue weighted by molar-refractivity contribution is 7.99. The Hall–Kier alpha value is -3.36. The Kier molecular flexibility index (Phi) is 6.72. The molecular weight excluding hydrogens is 453 g/mol. The third-order valence-electron chi connectivity index (χ3n) is 4.42. The molecule has 6 nitrogen and oxygen atoms in total.